The highest BCUT2D eigenvalue weighted by molar-refractivity contribution is 6.06. The molecule has 12 nitrogen and oxygen atoms in total. The van der Waals surface area contributed by atoms with Crippen LogP contribution in [0.15, 0.2) is 195 Å². The fourth-order valence-corrected chi connectivity index (χ4v) is 9.38. The second-order valence-corrected chi connectivity index (χ2v) is 17.3. The molecule has 0 saturated heterocycles. The molecular weight excluding hydrogens is 841 g/mol. The number of aromatic nitrogens is 12. The van der Waals surface area contributed by atoms with Crippen molar-refractivity contribution in [1.29, 1.82) is 0 Å². The van der Waals surface area contributed by atoms with E-state index in [1.165, 1.54) is 0 Å². The van der Waals surface area contributed by atoms with Gasteiger partial charge in [-0.25, -0.2) is 48.2 Å². The first-order chi connectivity index (χ1) is 33.6. The lowest BCUT2D eigenvalue weighted by Gasteiger charge is -2.03. The molecule has 0 amide bonds. The standard InChI is InChI=1S/C56H42N12/c1-5-21-65(22-6-1)33-37-13-17-41-45(29-37)53-59-49(41)57-50-43-19-15-39(35-67-25-9-3-10-26-67)31-47(43)55(61-50)64-56-48-32-40(36-68-27-11-4-12-28-68)16-20-44(48)52(62-56)58-51-42-18-14-38(30-46(42)54(60-51)63-53)34-66-23-7-2-8-24-66/h1-32H,33-36H2,(H2,57,58,59,60,61,62,63,64)/q+4. The molecule has 12 heteroatoms. The summed E-state index contributed by atoms with van der Waals surface area (Å²) in [6.07, 6.45) is 16.6. The third-order valence-corrected chi connectivity index (χ3v) is 12.7. The fourth-order valence-electron chi connectivity index (χ4n) is 9.38. The summed E-state index contributed by atoms with van der Waals surface area (Å²) in [6, 6.07) is 50.4. The molecule has 11 aromatic rings. The largest absolute Gasteiger partial charge is 0.324 e. The van der Waals surface area contributed by atoms with Crippen LogP contribution in [0.1, 0.15) is 22.3 Å². The molecule has 2 N–H and O–H groups in total. The second kappa shape index (κ2) is 16.4. The van der Waals surface area contributed by atoms with Gasteiger partial charge in [-0.05, 0) is 36.4 Å². The van der Waals surface area contributed by atoms with E-state index in [1.807, 2.05) is 72.8 Å². The van der Waals surface area contributed by atoms with Crippen molar-refractivity contribution >= 4 is 44.1 Å². The number of H-pyrrole nitrogens is 2. The lowest BCUT2D eigenvalue weighted by molar-refractivity contribution is -0.688. The van der Waals surface area contributed by atoms with E-state index in [9.17, 15) is 0 Å². The first-order valence-corrected chi connectivity index (χ1v) is 22.7. The van der Waals surface area contributed by atoms with Gasteiger partial charge >= 0.3 is 0 Å². The van der Waals surface area contributed by atoms with Gasteiger partial charge in [-0.15, -0.1) is 0 Å². The van der Waals surface area contributed by atoms with E-state index in [4.69, 9.17) is 29.9 Å². The number of fused-ring (bicyclic) bond motifs is 20. The van der Waals surface area contributed by atoms with Crippen molar-refractivity contribution in [2.24, 2.45) is 0 Å². The molecule has 2 aliphatic rings. The van der Waals surface area contributed by atoms with Gasteiger partial charge in [0.05, 0.1) is 0 Å². The van der Waals surface area contributed by atoms with Gasteiger partial charge in [-0.1, -0.05) is 60.7 Å². The minimum atomic E-state index is 0.563. The average molecular weight is 883 g/mol. The molecule has 8 bridgehead atoms. The van der Waals surface area contributed by atoms with Crippen LogP contribution in [0.2, 0.25) is 0 Å². The predicted octanol–water partition coefficient (Wildman–Crippen LogP) is 8.21. The van der Waals surface area contributed by atoms with Gasteiger partial charge in [-0.2, -0.15) is 0 Å². The molecular formula is C56H42N12+4. The topological polar surface area (TPSA) is 124 Å². The van der Waals surface area contributed by atoms with Gasteiger partial charge in [0.15, 0.2) is 99.1 Å². The van der Waals surface area contributed by atoms with Crippen LogP contribution < -0.4 is 18.3 Å². The van der Waals surface area contributed by atoms with E-state index in [0.29, 0.717) is 72.1 Å². The molecule has 0 atom stereocenters. The summed E-state index contributed by atoms with van der Waals surface area (Å²) in [6.45, 7) is 2.76. The van der Waals surface area contributed by atoms with Crippen molar-refractivity contribution in [2.75, 3.05) is 0 Å². The highest BCUT2D eigenvalue weighted by Gasteiger charge is 2.24. The van der Waals surface area contributed by atoms with Gasteiger partial charge in [-0.3, -0.25) is 0 Å². The first-order valence-electron chi connectivity index (χ1n) is 22.7. The Balaban J connectivity index is 1.08. The average Bonchev–Trinajstić information content (AvgIpc) is 4.10. The van der Waals surface area contributed by atoms with Crippen molar-refractivity contribution in [3.05, 3.63) is 217 Å². The Morgan fingerprint density at radius 3 is 0.926 bits per heavy atom. The van der Waals surface area contributed by atoms with Crippen LogP contribution in [-0.2, 0) is 26.2 Å². The molecule has 2 aliphatic heterocycles. The zero-order chi connectivity index (χ0) is 45.0. The van der Waals surface area contributed by atoms with Gasteiger partial charge < -0.3 is 9.97 Å². The lowest BCUT2D eigenvalue weighted by atomic mass is 10.0. The third-order valence-electron chi connectivity index (χ3n) is 12.7. The van der Waals surface area contributed by atoms with Crippen LogP contribution in [0.5, 0.6) is 0 Å². The van der Waals surface area contributed by atoms with Crippen molar-refractivity contribution in [3.8, 4) is 45.6 Å². The van der Waals surface area contributed by atoms with E-state index in [1.54, 1.807) is 0 Å². The smallest absolute Gasteiger partial charge is 0.173 e. The lowest BCUT2D eigenvalue weighted by Crippen LogP contribution is -2.32. The van der Waals surface area contributed by atoms with Crippen LogP contribution in [0.4, 0.5) is 0 Å². The summed E-state index contributed by atoms with van der Waals surface area (Å²) in [5, 5.41) is 3.71. The van der Waals surface area contributed by atoms with E-state index in [0.717, 1.165) is 66.1 Å². The van der Waals surface area contributed by atoms with Crippen LogP contribution in [0, 0.1) is 0 Å². The Bertz CT molecular complexity index is 3650. The van der Waals surface area contributed by atoms with E-state index in [2.05, 4.69) is 151 Å². The van der Waals surface area contributed by atoms with Gasteiger partial charge in [0, 0.05) is 115 Å². The van der Waals surface area contributed by atoms with Crippen molar-refractivity contribution in [2.45, 2.75) is 26.2 Å². The molecule has 9 heterocycles. The number of nitrogens with one attached hydrogen (secondary N) is 2. The molecule has 0 radical (unpaired) electrons. The normalized spacial score (nSPS) is 11.8. The van der Waals surface area contributed by atoms with Gasteiger partial charge in [0.25, 0.3) is 0 Å². The number of hydrogen-bond acceptors (Lipinski definition) is 6. The SMILES string of the molecule is c1cc[n+](Cc2ccc3c(c2)-c2nc-3nc3[nH]c(nc4nc(nc5[nH]c(n2)c2cc(C[n+]6ccccc6)ccc52)-c2ccc(C[n+]5ccccc5)cc2-4)c2cc(C[n+]4ccccc4)ccc32)cc1. The highest BCUT2D eigenvalue weighted by Crippen LogP contribution is 2.38. The van der Waals surface area contributed by atoms with E-state index >= 15 is 0 Å². The summed E-state index contributed by atoms with van der Waals surface area (Å²) >= 11 is 0. The van der Waals surface area contributed by atoms with Crippen LogP contribution in [0.3, 0.4) is 0 Å². The molecule has 0 saturated carbocycles. The molecule has 0 fully saturated rings. The minimum Gasteiger partial charge on any atom is -0.324 e. The summed E-state index contributed by atoms with van der Waals surface area (Å²) in [4.78, 5) is 39.3. The molecule has 13 rings (SSSR count). The van der Waals surface area contributed by atoms with E-state index in [-0.39, 0.29) is 0 Å². The summed E-state index contributed by atoms with van der Waals surface area (Å²) < 4.78 is 8.65. The molecule has 0 spiro atoms. The Morgan fingerprint density at radius 1 is 0.279 bits per heavy atom. The summed E-state index contributed by atoms with van der Waals surface area (Å²) in [5.74, 6) is 2.25. The summed E-state index contributed by atoms with van der Waals surface area (Å²) in [5.41, 5.74) is 10.7. The van der Waals surface area contributed by atoms with Crippen LogP contribution >= 0.6 is 0 Å². The van der Waals surface area contributed by atoms with Crippen LogP contribution in [0.25, 0.3) is 89.7 Å². The van der Waals surface area contributed by atoms with Crippen LogP contribution in [-0.4, -0.2) is 39.9 Å². The monoisotopic (exact) mass is 882 g/mol. The maximum atomic E-state index is 5.40. The van der Waals surface area contributed by atoms with Crippen molar-refractivity contribution in [1.82, 2.24) is 39.9 Å². The maximum absolute atomic E-state index is 5.40. The number of hydrogen-bond donors (Lipinski definition) is 2. The first kappa shape index (κ1) is 39.2. The zero-order valence-electron chi connectivity index (χ0n) is 36.8. The Morgan fingerprint density at radius 2 is 0.574 bits per heavy atom. The quantitative estimate of drug-likeness (QED) is 0.148. The Hall–Kier alpha value is -9.16. The van der Waals surface area contributed by atoms with Crippen molar-refractivity contribution in [3.63, 3.8) is 0 Å². The predicted molar refractivity (Wildman–Crippen MR) is 259 cm³/mol. The number of rotatable bonds is 8. The maximum Gasteiger partial charge on any atom is 0.173 e. The number of benzene rings is 4. The summed E-state index contributed by atoms with van der Waals surface area (Å²) in [7, 11) is 0. The molecule has 322 valence electrons. The molecule has 0 unspecified atom stereocenters. The minimum absolute atomic E-state index is 0.563. The fraction of sp³-hybridized carbons (Fsp3) is 0.0714. The highest BCUT2D eigenvalue weighted by atomic mass is 15.1. The Kier molecular flexibility index (Phi) is 9.44. The van der Waals surface area contributed by atoms with Gasteiger partial charge in [0.1, 0.15) is 22.6 Å². The number of aromatic amines is 2. The second-order valence-electron chi connectivity index (χ2n) is 17.3. The molecule has 4 aromatic carbocycles. The number of nitrogens with zero attached hydrogens (tertiary/aromatic N) is 10. The van der Waals surface area contributed by atoms with Gasteiger partial charge in [0.2, 0.25) is 0 Å². The number of pyridine rings is 4. The molecule has 68 heavy (non-hydrogen) atoms. The third kappa shape index (κ3) is 7.39. The van der Waals surface area contributed by atoms with Crippen molar-refractivity contribution < 1.29 is 18.3 Å². The van der Waals surface area contributed by atoms with E-state index < -0.39 is 0 Å². The zero-order valence-corrected chi connectivity index (χ0v) is 36.8. The molecule has 7 aromatic heterocycles. The Labute approximate surface area is 389 Å². The molecule has 0 aliphatic carbocycles.